The highest BCUT2D eigenvalue weighted by molar-refractivity contribution is 9.10. The zero-order chi connectivity index (χ0) is 12.8. The molecule has 1 N–H and O–H groups in total. The smallest absolute Gasteiger partial charge is 0.130 e. The van der Waals surface area contributed by atoms with Crippen molar-refractivity contribution in [2.24, 2.45) is 0 Å². The van der Waals surface area contributed by atoms with E-state index < -0.39 is 0 Å². The molecule has 2 aromatic rings. The summed E-state index contributed by atoms with van der Waals surface area (Å²) in [6, 6.07) is 12.1. The van der Waals surface area contributed by atoms with Crippen molar-refractivity contribution in [2.45, 2.75) is 6.42 Å². The minimum Gasteiger partial charge on any atom is -0.384 e. The van der Waals surface area contributed by atoms with E-state index in [0.717, 1.165) is 22.4 Å². The SMILES string of the molecule is COCCc1ccccc1Nc1ccc(Br)cn1. The lowest BCUT2D eigenvalue weighted by atomic mass is 10.1. The topological polar surface area (TPSA) is 34.1 Å². The fourth-order valence-corrected chi connectivity index (χ4v) is 1.89. The average Bonchev–Trinajstić information content (AvgIpc) is 2.40. The molecule has 0 amide bonds. The van der Waals surface area contributed by atoms with Crippen LogP contribution in [0.25, 0.3) is 0 Å². The lowest BCUT2D eigenvalue weighted by Gasteiger charge is -2.11. The summed E-state index contributed by atoms with van der Waals surface area (Å²) in [5.74, 6) is 0.836. The second kappa shape index (κ2) is 6.52. The molecule has 0 saturated heterocycles. The van der Waals surface area contributed by atoms with Crippen molar-refractivity contribution in [1.82, 2.24) is 4.98 Å². The third-order valence-corrected chi connectivity index (χ3v) is 3.05. The summed E-state index contributed by atoms with van der Waals surface area (Å²) in [5.41, 5.74) is 2.30. The second-order valence-corrected chi connectivity index (χ2v) is 4.80. The predicted octanol–water partition coefficient (Wildman–Crippen LogP) is 3.78. The van der Waals surface area contributed by atoms with E-state index in [2.05, 4.69) is 38.4 Å². The van der Waals surface area contributed by atoms with E-state index in [1.54, 1.807) is 13.3 Å². The van der Waals surface area contributed by atoms with Crippen molar-refractivity contribution < 1.29 is 4.74 Å². The molecule has 4 heteroatoms. The number of ether oxygens (including phenoxy) is 1. The van der Waals surface area contributed by atoms with Gasteiger partial charge in [0.2, 0.25) is 0 Å². The molecule has 0 saturated carbocycles. The Hall–Kier alpha value is -1.39. The van der Waals surface area contributed by atoms with E-state index in [4.69, 9.17) is 4.74 Å². The van der Waals surface area contributed by atoms with Crippen LogP contribution in [0.5, 0.6) is 0 Å². The number of anilines is 2. The standard InChI is InChI=1S/C14H15BrN2O/c1-18-9-8-11-4-2-3-5-13(11)17-14-7-6-12(15)10-16-14/h2-7,10H,8-9H2,1H3,(H,16,17). The zero-order valence-corrected chi connectivity index (χ0v) is 11.8. The number of benzene rings is 1. The van der Waals surface area contributed by atoms with Gasteiger partial charge in [0.1, 0.15) is 5.82 Å². The summed E-state index contributed by atoms with van der Waals surface area (Å²) >= 11 is 3.37. The number of rotatable bonds is 5. The van der Waals surface area contributed by atoms with Crippen molar-refractivity contribution in [3.05, 3.63) is 52.6 Å². The number of hydrogen-bond acceptors (Lipinski definition) is 3. The maximum absolute atomic E-state index is 5.12. The number of aromatic nitrogens is 1. The van der Waals surface area contributed by atoms with Crippen LogP contribution < -0.4 is 5.32 Å². The van der Waals surface area contributed by atoms with Gasteiger partial charge in [-0.3, -0.25) is 0 Å². The molecule has 94 valence electrons. The molecule has 0 aliphatic heterocycles. The molecule has 0 radical (unpaired) electrons. The van der Waals surface area contributed by atoms with Gasteiger partial charge in [0.25, 0.3) is 0 Å². The van der Waals surface area contributed by atoms with E-state index in [0.29, 0.717) is 6.61 Å². The maximum Gasteiger partial charge on any atom is 0.130 e. The summed E-state index contributed by atoms with van der Waals surface area (Å²) in [6.07, 6.45) is 2.66. The van der Waals surface area contributed by atoms with Gasteiger partial charge < -0.3 is 10.1 Å². The Morgan fingerprint density at radius 3 is 2.78 bits per heavy atom. The van der Waals surface area contributed by atoms with E-state index >= 15 is 0 Å². The first-order valence-electron chi connectivity index (χ1n) is 5.75. The number of nitrogens with zero attached hydrogens (tertiary/aromatic N) is 1. The van der Waals surface area contributed by atoms with Crippen LogP contribution >= 0.6 is 15.9 Å². The Labute approximate surface area is 115 Å². The Balaban J connectivity index is 2.15. The normalized spacial score (nSPS) is 10.3. The van der Waals surface area contributed by atoms with E-state index in [-0.39, 0.29) is 0 Å². The van der Waals surface area contributed by atoms with Gasteiger partial charge in [-0.15, -0.1) is 0 Å². The number of nitrogens with one attached hydrogen (secondary N) is 1. The number of para-hydroxylation sites is 1. The maximum atomic E-state index is 5.12. The fraction of sp³-hybridized carbons (Fsp3) is 0.214. The van der Waals surface area contributed by atoms with Crippen LogP contribution in [0, 0.1) is 0 Å². The average molecular weight is 307 g/mol. The van der Waals surface area contributed by atoms with Crippen molar-refractivity contribution >= 4 is 27.4 Å². The Bertz CT molecular complexity index is 499. The second-order valence-electron chi connectivity index (χ2n) is 3.89. The summed E-state index contributed by atoms with van der Waals surface area (Å²) < 4.78 is 6.09. The van der Waals surface area contributed by atoms with Crippen LogP contribution in [-0.4, -0.2) is 18.7 Å². The van der Waals surface area contributed by atoms with Crippen LogP contribution in [-0.2, 0) is 11.2 Å². The van der Waals surface area contributed by atoms with Crippen molar-refractivity contribution in [1.29, 1.82) is 0 Å². The molecule has 1 heterocycles. The van der Waals surface area contributed by atoms with Gasteiger partial charge in [0.15, 0.2) is 0 Å². The highest BCUT2D eigenvalue weighted by Gasteiger charge is 2.02. The largest absolute Gasteiger partial charge is 0.384 e. The Kier molecular flexibility index (Phi) is 4.73. The molecule has 0 atom stereocenters. The Morgan fingerprint density at radius 2 is 2.06 bits per heavy atom. The predicted molar refractivity (Wildman–Crippen MR) is 77.2 cm³/mol. The summed E-state index contributed by atoms with van der Waals surface area (Å²) in [6.45, 7) is 0.715. The molecule has 0 bridgehead atoms. The first-order valence-corrected chi connectivity index (χ1v) is 6.54. The van der Waals surface area contributed by atoms with E-state index in [9.17, 15) is 0 Å². The van der Waals surface area contributed by atoms with Crippen LogP contribution in [0.1, 0.15) is 5.56 Å². The molecule has 1 aromatic carbocycles. The van der Waals surface area contributed by atoms with Crippen LogP contribution in [0.4, 0.5) is 11.5 Å². The lowest BCUT2D eigenvalue weighted by molar-refractivity contribution is 0.202. The molecule has 0 spiro atoms. The van der Waals surface area contributed by atoms with Gasteiger partial charge in [-0.1, -0.05) is 18.2 Å². The molecule has 18 heavy (non-hydrogen) atoms. The summed E-state index contributed by atoms with van der Waals surface area (Å²) in [7, 11) is 1.71. The van der Waals surface area contributed by atoms with Gasteiger partial charge in [0.05, 0.1) is 6.61 Å². The molecule has 0 unspecified atom stereocenters. The van der Waals surface area contributed by atoms with Crippen molar-refractivity contribution in [3.63, 3.8) is 0 Å². The molecule has 0 aliphatic rings. The molecule has 3 nitrogen and oxygen atoms in total. The Morgan fingerprint density at radius 1 is 1.22 bits per heavy atom. The van der Waals surface area contributed by atoms with Gasteiger partial charge in [-0.25, -0.2) is 4.98 Å². The van der Waals surface area contributed by atoms with Gasteiger partial charge in [-0.05, 0) is 46.1 Å². The fourth-order valence-electron chi connectivity index (χ4n) is 1.66. The third-order valence-electron chi connectivity index (χ3n) is 2.58. The zero-order valence-electron chi connectivity index (χ0n) is 10.2. The summed E-state index contributed by atoms with van der Waals surface area (Å²) in [4.78, 5) is 4.31. The molecule has 0 aliphatic carbocycles. The minimum atomic E-state index is 0.715. The number of methoxy groups -OCH3 is 1. The first kappa shape index (κ1) is 13.1. The van der Waals surface area contributed by atoms with Crippen LogP contribution in [0.2, 0.25) is 0 Å². The highest BCUT2D eigenvalue weighted by Crippen LogP contribution is 2.20. The lowest BCUT2D eigenvalue weighted by Crippen LogP contribution is -2.00. The van der Waals surface area contributed by atoms with E-state index in [1.807, 2.05) is 24.3 Å². The number of pyridine rings is 1. The van der Waals surface area contributed by atoms with Crippen LogP contribution in [0.3, 0.4) is 0 Å². The van der Waals surface area contributed by atoms with Crippen LogP contribution in [0.15, 0.2) is 47.1 Å². The molecule has 2 rings (SSSR count). The molecule has 0 fully saturated rings. The number of halogens is 1. The van der Waals surface area contributed by atoms with E-state index in [1.165, 1.54) is 5.56 Å². The van der Waals surface area contributed by atoms with Crippen molar-refractivity contribution in [3.8, 4) is 0 Å². The molecular weight excluding hydrogens is 292 g/mol. The van der Waals surface area contributed by atoms with Gasteiger partial charge in [0, 0.05) is 23.5 Å². The number of hydrogen-bond donors (Lipinski definition) is 1. The van der Waals surface area contributed by atoms with Crippen molar-refractivity contribution in [2.75, 3.05) is 19.0 Å². The first-order chi connectivity index (χ1) is 8.79. The highest BCUT2D eigenvalue weighted by atomic mass is 79.9. The van der Waals surface area contributed by atoms with Gasteiger partial charge >= 0.3 is 0 Å². The van der Waals surface area contributed by atoms with Gasteiger partial charge in [-0.2, -0.15) is 0 Å². The molecule has 1 aromatic heterocycles. The quantitative estimate of drug-likeness (QED) is 0.913. The monoisotopic (exact) mass is 306 g/mol. The summed E-state index contributed by atoms with van der Waals surface area (Å²) in [5, 5.41) is 3.32. The molecular formula is C14H15BrN2O. The minimum absolute atomic E-state index is 0.715. The third kappa shape index (κ3) is 3.55.